The fraction of sp³-hybridized carbons (Fsp3) is 0.455. The van der Waals surface area contributed by atoms with Gasteiger partial charge in [0.2, 0.25) is 0 Å². The standard InChI is InChI=1S/C11H16N2O2/c12-10-7-15-6-5-11(10)13-8-1-3-9(14)4-2-8/h1-4,10-11,13-14H,5-7,12H2. The Labute approximate surface area is 89.0 Å². The van der Waals surface area contributed by atoms with Crippen LogP contribution in [0.3, 0.4) is 0 Å². The van der Waals surface area contributed by atoms with Crippen LogP contribution in [-0.2, 0) is 4.74 Å². The molecule has 4 nitrogen and oxygen atoms in total. The minimum absolute atomic E-state index is 0.0348. The summed E-state index contributed by atoms with van der Waals surface area (Å²) in [4.78, 5) is 0. The second-order valence-electron chi connectivity index (χ2n) is 3.83. The Morgan fingerprint density at radius 2 is 2.07 bits per heavy atom. The first-order valence-electron chi connectivity index (χ1n) is 5.14. The van der Waals surface area contributed by atoms with E-state index in [0.717, 1.165) is 18.7 Å². The zero-order valence-electron chi connectivity index (χ0n) is 8.52. The van der Waals surface area contributed by atoms with Crippen LogP contribution in [0.15, 0.2) is 24.3 Å². The summed E-state index contributed by atoms with van der Waals surface area (Å²) in [5, 5.41) is 12.5. The molecule has 0 spiro atoms. The number of phenols is 1. The summed E-state index contributed by atoms with van der Waals surface area (Å²) in [6.07, 6.45) is 0.919. The van der Waals surface area contributed by atoms with E-state index < -0.39 is 0 Å². The maximum absolute atomic E-state index is 9.14. The lowest BCUT2D eigenvalue weighted by Gasteiger charge is -2.30. The number of phenolic OH excluding ortho intramolecular Hbond substituents is 1. The van der Waals surface area contributed by atoms with Crippen molar-refractivity contribution >= 4 is 5.69 Å². The van der Waals surface area contributed by atoms with E-state index in [1.807, 2.05) is 12.1 Å². The molecule has 82 valence electrons. The number of hydrogen-bond acceptors (Lipinski definition) is 4. The maximum Gasteiger partial charge on any atom is 0.115 e. The van der Waals surface area contributed by atoms with Gasteiger partial charge in [-0.2, -0.15) is 0 Å². The Hall–Kier alpha value is -1.26. The fourth-order valence-corrected chi connectivity index (χ4v) is 1.71. The topological polar surface area (TPSA) is 67.5 Å². The zero-order valence-corrected chi connectivity index (χ0v) is 8.52. The highest BCUT2D eigenvalue weighted by atomic mass is 16.5. The second-order valence-corrected chi connectivity index (χ2v) is 3.83. The highest BCUT2D eigenvalue weighted by Crippen LogP contribution is 2.17. The van der Waals surface area contributed by atoms with Crippen molar-refractivity contribution in [1.82, 2.24) is 0 Å². The van der Waals surface area contributed by atoms with Crippen LogP contribution >= 0.6 is 0 Å². The summed E-state index contributed by atoms with van der Waals surface area (Å²) < 4.78 is 5.26. The lowest BCUT2D eigenvalue weighted by atomic mass is 10.0. The zero-order chi connectivity index (χ0) is 10.7. The normalized spacial score (nSPS) is 26.2. The van der Waals surface area contributed by atoms with Gasteiger partial charge in [0.25, 0.3) is 0 Å². The highest BCUT2D eigenvalue weighted by molar-refractivity contribution is 5.47. The van der Waals surface area contributed by atoms with E-state index in [9.17, 15) is 0 Å². The Bertz CT molecular complexity index is 313. The molecule has 0 bridgehead atoms. The first kappa shape index (κ1) is 10.3. The Morgan fingerprint density at radius 3 is 2.73 bits per heavy atom. The molecule has 4 heteroatoms. The largest absolute Gasteiger partial charge is 0.508 e. The molecule has 1 aromatic rings. The molecule has 1 aliphatic rings. The summed E-state index contributed by atoms with van der Waals surface area (Å²) in [5.74, 6) is 0.275. The van der Waals surface area contributed by atoms with E-state index in [4.69, 9.17) is 15.6 Å². The minimum Gasteiger partial charge on any atom is -0.508 e. The van der Waals surface area contributed by atoms with Gasteiger partial charge in [-0.15, -0.1) is 0 Å². The number of ether oxygens (including phenoxy) is 1. The molecule has 1 heterocycles. The molecule has 1 aromatic carbocycles. The van der Waals surface area contributed by atoms with Crippen LogP contribution in [0.2, 0.25) is 0 Å². The van der Waals surface area contributed by atoms with E-state index in [1.54, 1.807) is 12.1 Å². The Balaban J connectivity index is 1.98. The van der Waals surface area contributed by atoms with Gasteiger partial charge in [0.05, 0.1) is 6.61 Å². The van der Waals surface area contributed by atoms with Crippen molar-refractivity contribution in [3.8, 4) is 5.75 Å². The van der Waals surface area contributed by atoms with E-state index >= 15 is 0 Å². The van der Waals surface area contributed by atoms with Crippen molar-refractivity contribution in [2.45, 2.75) is 18.5 Å². The molecule has 0 saturated carbocycles. The van der Waals surface area contributed by atoms with Gasteiger partial charge in [-0.1, -0.05) is 0 Å². The van der Waals surface area contributed by atoms with E-state index in [1.165, 1.54) is 0 Å². The number of anilines is 1. The van der Waals surface area contributed by atoms with Gasteiger partial charge in [0.1, 0.15) is 5.75 Å². The molecule has 0 aliphatic carbocycles. The molecule has 1 aliphatic heterocycles. The van der Waals surface area contributed by atoms with E-state index in [-0.39, 0.29) is 17.8 Å². The van der Waals surface area contributed by atoms with Gasteiger partial charge in [0, 0.05) is 24.4 Å². The maximum atomic E-state index is 9.14. The van der Waals surface area contributed by atoms with Crippen molar-refractivity contribution in [3.05, 3.63) is 24.3 Å². The van der Waals surface area contributed by atoms with Gasteiger partial charge in [-0.25, -0.2) is 0 Å². The first-order valence-corrected chi connectivity index (χ1v) is 5.14. The fourth-order valence-electron chi connectivity index (χ4n) is 1.71. The Kier molecular flexibility index (Phi) is 3.08. The van der Waals surface area contributed by atoms with Crippen molar-refractivity contribution in [2.75, 3.05) is 18.5 Å². The summed E-state index contributed by atoms with van der Waals surface area (Å²) in [5.41, 5.74) is 6.90. The van der Waals surface area contributed by atoms with E-state index in [2.05, 4.69) is 5.32 Å². The monoisotopic (exact) mass is 208 g/mol. The van der Waals surface area contributed by atoms with Gasteiger partial charge < -0.3 is 20.9 Å². The number of nitrogens with one attached hydrogen (secondary N) is 1. The van der Waals surface area contributed by atoms with Crippen LogP contribution in [-0.4, -0.2) is 30.4 Å². The quantitative estimate of drug-likeness (QED) is 0.632. The molecule has 0 aromatic heterocycles. The molecular weight excluding hydrogens is 192 g/mol. The van der Waals surface area contributed by atoms with E-state index in [0.29, 0.717) is 6.61 Å². The third-order valence-corrected chi connectivity index (χ3v) is 2.62. The Morgan fingerprint density at radius 1 is 1.33 bits per heavy atom. The number of aromatic hydroxyl groups is 1. The third-order valence-electron chi connectivity index (χ3n) is 2.62. The second kappa shape index (κ2) is 4.51. The summed E-state index contributed by atoms with van der Waals surface area (Å²) in [6, 6.07) is 7.30. The van der Waals surface area contributed by atoms with Crippen LogP contribution in [0, 0.1) is 0 Å². The minimum atomic E-state index is 0.0348. The van der Waals surface area contributed by atoms with Crippen LogP contribution in [0.5, 0.6) is 5.75 Å². The molecule has 4 N–H and O–H groups in total. The summed E-state index contributed by atoms with van der Waals surface area (Å²) >= 11 is 0. The van der Waals surface area contributed by atoms with Crippen molar-refractivity contribution in [1.29, 1.82) is 0 Å². The van der Waals surface area contributed by atoms with Crippen LogP contribution in [0.4, 0.5) is 5.69 Å². The number of rotatable bonds is 2. The van der Waals surface area contributed by atoms with Crippen molar-refractivity contribution in [2.24, 2.45) is 5.73 Å². The summed E-state index contributed by atoms with van der Waals surface area (Å²) in [6.45, 7) is 1.36. The molecule has 0 radical (unpaired) electrons. The predicted molar refractivity (Wildman–Crippen MR) is 58.9 cm³/mol. The highest BCUT2D eigenvalue weighted by Gasteiger charge is 2.21. The SMILES string of the molecule is NC1COCCC1Nc1ccc(O)cc1. The smallest absolute Gasteiger partial charge is 0.115 e. The van der Waals surface area contributed by atoms with Crippen LogP contribution in [0.25, 0.3) is 0 Å². The molecule has 0 amide bonds. The molecular formula is C11H16N2O2. The summed E-state index contributed by atoms with van der Waals surface area (Å²) in [7, 11) is 0. The van der Waals surface area contributed by atoms with Gasteiger partial charge >= 0.3 is 0 Å². The molecule has 1 saturated heterocycles. The molecule has 15 heavy (non-hydrogen) atoms. The molecule has 1 fully saturated rings. The lowest BCUT2D eigenvalue weighted by molar-refractivity contribution is 0.0752. The van der Waals surface area contributed by atoms with Crippen molar-refractivity contribution in [3.63, 3.8) is 0 Å². The molecule has 2 atom stereocenters. The average molecular weight is 208 g/mol. The number of nitrogens with two attached hydrogens (primary N) is 1. The third kappa shape index (κ3) is 2.61. The number of benzene rings is 1. The lowest BCUT2D eigenvalue weighted by Crippen LogP contribution is -2.47. The van der Waals surface area contributed by atoms with Gasteiger partial charge in [-0.3, -0.25) is 0 Å². The first-order chi connectivity index (χ1) is 7.25. The predicted octanol–water partition coefficient (Wildman–Crippen LogP) is 0.920. The van der Waals surface area contributed by atoms with Crippen LogP contribution < -0.4 is 11.1 Å². The van der Waals surface area contributed by atoms with Crippen LogP contribution in [0.1, 0.15) is 6.42 Å². The van der Waals surface area contributed by atoms with Crippen molar-refractivity contribution < 1.29 is 9.84 Å². The average Bonchev–Trinajstić information content (AvgIpc) is 2.25. The molecule has 2 rings (SSSR count). The van der Waals surface area contributed by atoms with Gasteiger partial charge in [-0.05, 0) is 30.7 Å². The van der Waals surface area contributed by atoms with Gasteiger partial charge in [0.15, 0.2) is 0 Å². The number of hydrogen-bond donors (Lipinski definition) is 3. The molecule has 2 unspecified atom stereocenters.